The van der Waals surface area contributed by atoms with Crippen LogP contribution in [0.5, 0.6) is 0 Å². The molecule has 0 aliphatic carbocycles. The molecule has 1 aromatic heterocycles. The zero-order chi connectivity index (χ0) is 23.4. The van der Waals surface area contributed by atoms with Crippen LogP contribution < -0.4 is 20.9 Å². The van der Waals surface area contributed by atoms with Gasteiger partial charge in [0.05, 0.1) is 12.5 Å². The quantitative estimate of drug-likeness (QED) is 0.312. The van der Waals surface area contributed by atoms with E-state index in [0.717, 1.165) is 26.2 Å². The largest absolute Gasteiger partial charge is 0.368 e. The lowest BCUT2D eigenvalue weighted by molar-refractivity contribution is 0.389. The molecule has 0 saturated carbocycles. The standard InChI is InChI=1S/C28H29N4PS/c1-30-19-11-18-27(30)33(25-14-7-3-8-15-25,26-16-9-4-10-17-26)29-28(34)32-22-20-31(21-23-32)24-12-5-2-6-13-24/h2-19H,20-23H2,1H3. The minimum absolute atomic E-state index is 0.704. The summed E-state index contributed by atoms with van der Waals surface area (Å²) in [6, 6.07) is 36.3. The van der Waals surface area contributed by atoms with Crippen molar-refractivity contribution in [2.45, 2.75) is 0 Å². The Hall–Kier alpha value is -3.14. The summed E-state index contributed by atoms with van der Waals surface area (Å²) in [5.74, 6) is 0. The third kappa shape index (κ3) is 4.34. The van der Waals surface area contributed by atoms with E-state index >= 15 is 0 Å². The predicted molar refractivity (Wildman–Crippen MR) is 149 cm³/mol. The van der Waals surface area contributed by atoms with E-state index in [-0.39, 0.29) is 0 Å². The number of nitrogens with zero attached hydrogens (tertiary/aromatic N) is 4. The number of thiocarbonyl (C=S) groups is 1. The Bertz CT molecular complexity index is 1250. The first-order valence-electron chi connectivity index (χ1n) is 11.6. The predicted octanol–water partition coefficient (Wildman–Crippen LogP) is 4.61. The Morgan fingerprint density at radius 1 is 0.706 bits per heavy atom. The lowest BCUT2D eigenvalue weighted by Crippen LogP contribution is -2.48. The van der Waals surface area contributed by atoms with Gasteiger partial charge < -0.3 is 14.4 Å². The lowest BCUT2D eigenvalue weighted by Gasteiger charge is -2.37. The van der Waals surface area contributed by atoms with Gasteiger partial charge in [-0.3, -0.25) is 0 Å². The highest BCUT2D eigenvalue weighted by molar-refractivity contribution is 7.88. The van der Waals surface area contributed by atoms with Crippen molar-refractivity contribution in [3.05, 3.63) is 109 Å². The van der Waals surface area contributed by atoms with Crippen LogP contribution in [0.25, 0.3) is 0 Å². The number of benzene rings is 3. The van der Waals surface area contributed by atoms with Crippen LogP contribution in [0.3, 0.4) is 0 Å². The van der Waals surface area contributed by atoms with Gasteiger partial charge in [-0.25, -0.2) is 4.74 Å². The minimum Gasteiger partial charge on any atom is -0.368 e. The molecular formula is C28H29N4PS. The van der Waals surface area contributed by atoms with Gasteiger partial charge >= 0.3 is 0 Å². The Morgan fingerprint density at radius 2 is 1.24 bits per heavy atom. The molecule has 4 nitrogen and oxygen atoms in total. The molecule has 34 heavy (non-hydrogen) atoms. The highest BCUT2D eigenvalue weighted by Crippen LogP contribution is 2.46. The molecule has 5 rings (SSSR count). The van der Waals surface area contributed by atoms with Gasteiger partial charge in [-0.1, -0.05) is 78.9 Å². The molecule has 6 heteroatoms. The van der Waals surface area contributed by atoms with Gasteiger partial charge in [0.25, 0.3) is 0 Å². The molecular weight excluding hydrogens is 455 g/mol. The second-order valence-corrected chi connectivity index (χ2v) is 11.8. The van der Waals surface area contributed by atoms with Crippen LogP contribution in [0.15, 0.2) is 114 Å². The maximum atomic E-state index is 6.05. The van der Waals surface area contributed by atoms with E-state index in [1.807, 2.05) is 0 Å². The first-order valence-corrected chi connectivity index (χ1v) is 13.8. The number of hydrogen-bond acceptors (Lipinski definition) is 2. The first kappa shape index (κ1) is 22.6. The van der Waals surface area contributed by atoms with Crippen molar-refractivity contribution in [3.8, 4) is 0 Å². The number of aromatic nitrogens is 1. The Labute approximate surface area is 207 Å². The number of para-hydroxylation sites is 1. The Morgan fingerprint density at radius 3 is 1.74 bits per heavy atom. The molecule has 4 aromatic rings. The summed E-state index contributed by atoms with van der Waals surface area (Å²) in [6.45, 7) is 3.61. The van der Waals surface area contributed by atoms with Crippen molar-refractivity contribution in [2.24, 2.45) is 11.8 Å². The van der Waals surface area contributed by atoms with E-state index in [1.54, 1.807) is 0 Å². The monoisotopic (exact) mass is 484 g/mol. The van der Waals surface area contributed by atoms with Crippen molar-refractivity contribution in [3.63, 3.8) is 0 Å². The highest BCUT2D eigenvalue weighted by atomic mass is 32.1. The molecule has 172 valence electrons. The molecule has 0 amide bonds. The van der Waals surface area contributed by atoms with E-state index in [2.05, 4.69) is 131 Å². The Balaban J connectivity index is 1.57. The first-order chi connectivity index (χ1) is 16.7. The third-order valence-electron chi connectivity index (χ3n) is 6.41. The maximum absolute atomic E-state index is 6.05. The minimum atomic E-state index is -2.35. The SMILES string of the molecule is Cn1cccc1P(=NC(=S)N1CCN(c2ccccc2)CC1)(c1ccccc1)c1ccccc1. The van der Waals surface area contributed by atoms with Crippen molar-refractivity contribution in [1.29, 1.82) is 0 Å². The van der Waals surface area contributed by atoms with Gasteiger partial charge in [0.2, 0.25) is 0 Å². The molecule has 1 saturated heterocycles. The third-order valence-corrected chi connectivity index (χ3v) is 10.6. The van der Waals surface area contributed by atoms with Gasteiger partial charge in [-0.05, 0) is 36.5 Å². The number of piperazine rings is 1. The summed E-state index contributed by atoms with van der Waals surface area (Å²) in [6.07, 6.45) is 2.10. The van der Waals surface area contributed by atoms with Gasteiger partial charge in [0.15, 0.2) is 5.11 Å². The van der Waals surface area contributed by atoms with Gasteiger partial charge in [0, 0.05) is 55.7 Å². The van der Waals surface area contributed by atoms with Crippen LogP contribution >= 0.6 is 19.3 Å². The molecule has 1 fully saturated rings. The van der Waals surface area contributed by atoms with Gasteiger partial charge in [-0.15, -0.1) is 0 Å². The lowest BCUT2D eigenvalue weighted by atomic mass is 10.2. The second-order valence-electron chi connectivity index (χ2n) is 8.48. The highest BCUT2D eigenvalue weighted by Gasteiger charge is 2.31. The van der Waals surface area contributed by atoms with Crippen molar-refractivity contribution in [1.82, 2.24) is 9.47 Å². The van der Waals surface area contributed by atoms with E-state index in [0.29, 0.717) is 5.11 Å². The van der Waals surface area contributed by atoms with E-state index < -0.39 is 7.05 Å². The smallest absolute Gasteiger partial charge is 0.195 e. The van der Waals surface area contributed by atoms with Crippen LogP contribution in [0, 0.1) is 0 Å². The van der Waals surface area contributed by atoms with Crippen LogP contribution in [0.4, 0.5) is 5.69 Å². The fourth-order valence-electron chi connectivity index (χ4n) is 4.64. The Kier molecular flexibility index (Phi) is 6.66. The van der Waals surface area contributed by atoms with Crippen LogP contribution in [0.2, 0.25) is 0 Å². The molecule has 1 aliphatic rings. The number of aryl methyl sites for hydroxylation is 1. The van der Waals surface area contributed by atoms with Gasteiger partial charge in [-0.2, -0.15) is 0 Å². The molecule has 0 spiro atoms. The average Bonchev–Trinajstić information content (AvgIpc) is 3.35. The summed E-state index contributed by atoms with van der Waals surface area (Å²) < 4.78 is 7.70. The van der Waals surface area contributed by atoms with E-state index in [1.165, 1.54) is 21.7 Å². The van der Waals surface area contributed by atoms with Crippen molar-refractivity contribution < 1.29 is 0 Å². The van der Waals surface area contributed by atoms with E-state index in [9.17, 15) is 0 Å². The number of hydrogen-bond donors (Lipinski definition) is 0. The molecule has 1 aliphatic heterocycles. The van der Waals surface area contributed by atoms with Crippen LogP contribution in [-0.4, -0.2) is 40.8 Å². The number of rotatable bonds is 4. The zero-order valence-electron chi connectivity index (χ0n) is 19.4. The normalized spacial score (nSPS) is 14.1. The summed E-state index contributed by atoms with van der Waals surface area (Å²) in [5, 5.41) is 3.14. The summed E-state index contributed by atoms with van der Waals surface area (Å²) >= 11 is 6.05. The fourth-order valence-corrected chi connectivity index (χ4v) is 8.77. The molecule has 2 heterocycles. The number of anilines is 1. The molecule has 0 unspecified atom stereocenters. The zero-order valence-corrected chi connectivity index (χ0v) is 21.1. The summed E-state index contributed by atoms with van der Waals surface area (Å²) in [7, 11) is -0.243. The van der Waals surface area contributed by atoms with E-state index in [4.69, 9.17) is 17.0 Å². The van der Waals surface area contributed by atoms with Crippen LogP contribution in [-0.2, 0) is 7.05 Å². The fraction of sp³-hybridized carbons (Fsp3) is 0.179. The molecule has 0 atom stereocenters. The second kappa shape index (κ2) is 10.0. The molecule has 3 aromatic carbocycles. The van der Waals surface area contributed by atoms with Gasteiger partial charge in [0.1, 0.15) is 0 Å². The van der Waals surface area contributed by atoms with Crippen LogP contribution in [0.1, 0.15) is 0 Å². The topological polar surface area (TPSA) is 23.8 Å². The molecule has 0 bridgehead atoms. The van der Waals surface area contributed by atoms with Crippen molar-refractivity contribution >= 4 is 46.1 Å². The summed E-state index contributed by atoms with van der Waals surface area (Å²) in [5.41, 5.74) is 2.47. The molecule has 0 radical (unpaired) electrons. The average molecular weight is 485 g/mol. The maximum Gasteiger partial charge on any atom is 0.195 e. The summed E-state index contributed by atoms with van der Waals surface area (Å²) in [4.78, 5) is 4.70. The molecule has 0 N–H and O–H groups in total. The van der Waals surface area contributed by atoms with Crippen molar-refractivity contribution in [2.75, 3.05) is 31.1 Å².